The van der Waals surface area contributed by atoms with Gasteiger partial charge in [-0.25, -0.2) is 0 Å². The molecule has 7 nitrogen and oxygen atoms in total. The van der Waals surface area contributed by atoms with E-state index in [1.165, 1.54) is 25.4 Å². The standard InChI is InChI=1S/C35H29F3N2O5/c1-40(21-27(19-31(41)42)45-26-14-7-13-25(18-26)44-2)24-12-6-11-23(17-24)32-28-15-8-16-30(35(36,37)38)33(28)39-20-29(32)34(43)22-9-4-3-5-10-22/h3-18,20,27H,19,21H2,1-2H3,(H,41,42). The van der Waals surface area contributed by atoms with Crippen LogP contribution < -0.4 is 14.4 Å². The molecule has 0 radical (unpaired) electrons. The van der Waals surface area contributed by atoms with Crippen molar-refractivity contribution in [1.29, 1.82) is 0 Å². The van der Waals surface area contributed by atoms with Gasteiger partial charge in [-0.05, 0) is 35.9 Å². The summed E-state index contributed by atoms with van der Waals surface area (Å²) in [6, 6.07) is 26.1. The third-order valence-electron chi connectivity index (χ3n) is 7.28. The summed E-state index contributed by atoms with van der Waals surface area (Å²) >= 11 is 0. The molecule has 45 heavy (non-hydrogen) atoms. The second-order valence-corrected chi connectivity index (χ2v) is 10.4. The number of carbonyl (C=O) groups excluding carboxylic acids is 1. The summed E-state index contributed by atoms with van der Waals surface area (Å²) in [6.07, 6.45) is -4.50. The number of aromatic nitrogens is 1. The molecular formula is C35H29F3N2O5. The highest BCUT2D eigenvalue weighted by molar-refractivity contribution is 6.16. The fourth-order valence-corrected chi connectivity index (χ4v) is 5.19. The lowest BCUT2D eigenvalue weighted by molar-refractivity contribution is -0.139. The third-order valence-corrected chi connectivity index (χ3v) is 7.28. The van der Waals surface area contributed by atoms with Gasteiger partial charge in [0.05, 0.1) is 31.2 Å². The van der Waals surface area contributed by atoms with Gasteiger partial charge >= 0.3 is 12.1 Å². The van der Waals surface area contributed by atoms with Gasteiger partial charge in [-0.15, -0.1) is 0 Å². The SMILES string of the molecule is COc1cccc(OC(CC(=O)O)CN(C)c2cccc(-c3c(C(=O)c4ccccc4)cnc4c(C(F)(F)F)cccc34)c2)c1. The number of likely N-dealkylation sites (N-methyl/N-ethyl adjacent to an activating group) is 1. The highest BCUT2D eigenvalue weighted by Crippen LogP contribution is 2.39. The highest BCUT2D eigenvalue weighted by atomic mass is 19.4. The van der Waals surface area contributed by atoms with Crippen molar-refractivity contribution in [2.75, 3.05) is 25.6 Å². The monoisotopic (exact) mass is 614 g/mol. The first-order chi connectivity index (χ1) is 21.5. The zero-order valence-corrected chi connectivity index (χ0v) is 24.4. The number of ether oxygens (including phenoxy) is 2. The molecule has 230 valence electrons. The molecule has 1 aromatic heterocycles. The summed E-state index contributed by atoms with van der Waals surface area (Å²) in [5, 5.41) is 9.73. The van der Waals surface area contributed by atoms with Crippen LogP contribution >= 0.6 is 0 Å². The van der Waals surface area contributed by atoms with Crippen LogP contribution in [0.25, 0.3) is 22.0 Å². The molecule has 5 aromatic rings. The summed E-state index contributed by atoms with van der Waals surface area (Å²) in [5.41, 5.74) is 0.784. The van der Waals surface area contributed by atoms with Crippen LogP contribution in [0.3, 0.4) is 0 Å². The lowest BCUT2D eigenvalue weighted by Crippen LogP contribution is -2.34. The molecule has 5 rings (SSSR count). The van der Waals surface area contributed by atoms with Gasteiger partial charge in [-0.3, -0.25) is 14.6 Å². The Bertz CT molecular complexity index is 1840. The number of fused-ring (bicyclic) bond motifs is 1. The second kappa shape index (κ2) is 13.1. The molecule has 0 bridgehead atoms. The van der Waals surface area contributed by atoms with Crippen LogP contribution in [0.2, 0.25) is 0 Å². The van der Waals surface area contributed by atoms with E-state index in [4.69, 9.17) is 9.47 Å². The maximum atomic E-state index is 14.0. The molecule has 0 fully saturated rings. The number of para-hydroxylation sites is 1. The minimum Gasteiger partial charge on any atom is -0.497 e. The van der Waals surface area contributed by atoms with Gasteiger partial charge in [0.2, 0.25) is 0 Å². The fraction of sp³-hybridized carbons (Fsp3) is 0.171. The van der Waals surface area contributed by atoms with Crippen LogP contribution in [0.5, 0.6) is 11.5 Å². The van der Waals surface area contributed by atoms with E-state index >= 15 is 0 Å². The van der Waals surface area contributed by atoms with Gasteiger partial charge in [0.25, 0.3) is 0 Å². The normalized spacial score (nSPS) is 12.0. The number of aliphatic carboxylic acids is 1. The summed E-state index contributed by atoms with van der Waals surface area (Å²) < 4.78 is 53.2. The molecule has 0 aliphatic carbocycles. The molecule has 0 saturated heterocycles. The van der Waals surface area contributed by atoms with Crippen LogP contribution in [0.15, 0.2) is 103 Å². The zero-order valence-electron chi connectivity index (χ0n) is 24.4. The number of hydrogen-bond donors (Lipinski definition) is 1. The molecular weight excluding hydrogens is 585 g/mol. The second-order valence-electron chi connectivity index (χ2n) is 10.4. The number of nitrogens with zero attached hydrogens (tertiary/aromatic N) is 2. The van der Waals surface area contributed by atoms with Crippen molar-refractivity contribution in [2.24, 2.45) is 0 Å². The summed E-state index contributed by atoms with van der Waals surface area (Å²) in [5.74, 6) is -0.431. The van der Waals surface area contributed by atoms with E-state index in [-0.39, 0.29) is 35.2 Å². The van der Waals surface area contributed by atoms with E-state index in [1.54, 1.807) is 90.8 Å². The number of carboxylic acid groups (broad SMARTS) is 1. The molecule has 1 atom stereocenters. The smallest absolute Gasteiger partial charge is 0.418 e. The van der Waals surface area contributed by atoms with Gasteiger partial charge in [-0.1, -0.05) is 60.7 Å². The Morgan fingerprint density at radius 3 is 2.33 bits per heavy atom. The Morgan fingerprint density at radius 2 is 1.62 bits per heavy atom. The average molecular weight is 615 g/mol. The molecule has 0 aliphatic heterocycles. The molecule has 10 heteroatoms. The summed E-state index contributed by atoms with van der Waals surface area (Å²) in [4.78, 5) is 31.3. The van der Waals surface area contributed by atoms with E-state index in [2.05, 4.69) is 4.98 Å². The molecule has 0 amide bonds. The highest BCUT2D eigenvalue weighted by Gasteiger charge is 2.34. The van der Waals surface area contributed by atoms with Crippen molar-refractivity contribution in [3.05, 3.63) is 120 Å². The first-order valence-corrected chi connectivity index (χ1v) is 14.0. The fourth-order valence-electron chi connectivity index (χ4n) is 5.19. The number of carbonyl (C=O) groups is 2. The van der Waals surface area contributed by atoms with Crippen molar-refractivity contribution in [3.63, 3.8) is 0 Å². The average Bonchev–Trinajstić information content (AvgIpc) is 3.03. The van der Waals surface area contributed by atoms with Gasteiger partial charge in [0.15, 0.2) is 5.78 Å². The first-order valence-electron chi connectivity index (χ1n) is 14.0. The number of benzene rings is 4. The van der Waals surface area contributed by atoms with Crippen molar-refractivity contribution in [1.82, 2.24) is 4.98 Å². The number of alkyl halides is 3. The molecule has 4 aromatic carbocycles. The van der Waals surface area contributed by atoms with E-state index in [9.17, 15) is 27.9 Å². The number of hydrogen-bond acceptors (Lipinski definition) is 6. The number of pyridine rings is 1. The molecule has 1 heterocycles. The quantitative estimate of drug-likeness (QED) is 0.154. The Kier molecular flexibility index (Phi) is 9.03. The van der Waals surface area contributed by atoms with Gasteiger partial charge in [0.1, 0.15) is 17.6 Å². The van der Waals surface area contributed by atoms with Crippen molar-refractivity contribution >= 4 is 28.3 Å². The number of carboxylic acids is 1. The molecule has 0 aliphatic rings. The number of methoxy groups -OCH3 is 1. The Morgan fingerprint density at radius 1 is 0.911 bits per heavy atom. The molecule has 1 N–H and O–H groups in total. The maximum absolute atomic E-state index is 14.0. The predicted octanol–water partition coefficient (Wildman–Crippen LogP) is 7.52. The van der Waals surface area contributed by atoms with Crippen LogP contribution in [-0.4, -0.2) is 48.6 Å². The van der Waals surface area contributed by atoms with Crippen molar-refractivity contribution in [2.45, 2.75) is 18.7 Å². The lowest BCUT2D eigenvalue weighted by Gasteiger charge is -2.26. The zero-order chi connectivity index (χ0) is 32.1. The predicted molar refractivity (Wildman–Crippen MR) is 165 cm³/mol. The molecule has 0 saturated carbocycles. The van der Waals surface area contributed by atoms with Gasteiger partial charge in [-0.2, -0.15) is 13.2 Å². The van der Waals surface area contributed by atoms with E-state index in [0.717, 1.165) is 6.07 Å². The Labute approximate surface area is 257 Å². The van der Waals surface area contributed by atoms with E-state index in [1.807, 2.05) is 0 Å². The van der Waals surface area contributed by atoms with Crippen molar-refractivity contribution < 1.29 is 37.3 Å². The minimum absolute atomic E-state index is 0.151. The van der Waals surface area contributed by atoms with Crippen LogP contribution in [0, 0.1) is 0 Å². The maximum Gasteiger partial charge on any atom is 0.418 e. The number of halogens is 3. The number of ketones is 1. The van der Waals surface area contributed by atoms with Crippen LogP contribution in [0.1, 0.15) is 27.9 Å². The number of anilines is 1. The van der Waals surface area contributed by atoms with Gasteiger partial charge in [0, 0.05) is 47.1 Å². The number of rotatable bonds is 11. The van der Waals surface area contributed by atoms with E-state index < -0.39 is 23.8 Å². The summed E-state index contributed by atoms with van der Waals surface area (Å²) in [7, 11) is 3.27. The Hall–Kier alpha value is -5.38. The summed E-state index contributed by atoms with van der Waals surface area (Å²) in [6.45, 7) is 0.165. The van der Waals surface area contributed by atoms with Crippen molar-refractivity contribution in [3.8, 4) is 22.6 Å². The molecule has 1 unspecified atom stereocenters. The minimum atomic E-state index is -4.65. The lowest BCUT2D eigenvalue weighted by atomic mass is 9.91. The van der Waals surface area contributed by atoms with Crippen LogP contribution in [-0.2, 0) is 11.0 Å². The van der Waals surface area contributed by atoms with Crippen LogP contribution in [0.4, 0.5) is 18.9 Å². The Balaban J connectivity index is 1.57. The first kappa shape index (κ1) is 31.1. The molecule has 0 spiro atoms. The third kappa shape index (κ3) is 7.06. The van der Waals surface area contributed by atoms with Gasteiger partial charge < -0.3 is 19.5 Å². The van der Waals surface area contributed by atoms with E-state index in [0.29, 0.717) is 33.9 Å². The topological polar surface area (TPSA) is 89.0 Å². The largest absolute Gasteiger partial charge is 0.497 e.